The van der Waals surface area contributed by atoms with Crippen LogP contribution in [0.1, 0.15) is 31.8 Å². The molecule has 0 radical (unpaired) electrons. The number of carboxylic acid groups (broad SMARTS) is 1. The monoisotopic (exact) mass is 240 g/mol. The lowest BCUT2D eigenvalue weighted by molar-refractivity contribution is 0.0697. The molecular formula is C15H12O3. The Kier molecular flexibility index (Phi) is 3.24. The fourth-order valence-electron chi connectivity index (χ4n) is 1.67. The van der Waals surface area contributed by atoms with Gasteiger partial charge in [0.1, 0.15) is 0 Å². The van der Waals surface area contributed by atoms with E-state index < -0.39 is 5.97 Å². The Balaban J connectivity index is 2.37. The van der Waals surface area contributed by atoms with Gasteiger partial charge in [-0.05, 0) is 19.1 Å². The van der Waals surface area contributed by atoms with Crippen molar-refractivity contribution in [3.05, 3.63) is 70.8 Å². The minimum atomic E-state index is -1.03. The number of hydrogen-bond donors (Lipinski definition) is 1. The van der Waals surface area contributed by atoms with E-state index in [0.29, 0.717) is 11.1 Å². The lowest BCUT2D eigenvalue weighted by atomic mass is 10.0. The van der Waals surface area contributed by atoms with Crippen LogP contribution in [0.15, 0.2) is 48.5 Å². The molecule has 3 nitrogen and oxygen atoms in total. The van der Waals surface area contributed by atoms with Gasteiger partial charge in [-0.15, -0.1) is 0 Å². The zero-order valence-corrected chi connectivity index (χ0v) is 9.88. The number of carbonyl (C=O) groups excluding carboxylic acids is 1. The molecule has 90 valence electrons. The van der Waals surface area contributed by atoms with Crippen molar-refractivity contribution in [2.24, 2.45) is 0 Å². The van der Waals surface area contributed by atoms with Crippen molar-refractivity contribution in [2.75, 3.05) is 0 Å². The van der Waals surface area contributed by atoms with E-state index in [4.69, 9.17) is 5.11 Å². The van der Waals surface area contributed by atoms with Gasteiger partial charge in [0.05, 0.1) is 5.56 Å². The number of rotatable bonds is 3. The highest BCUT2D eigenvalue weighted by molar-refractivity contribution is 6.09. The van der Waals surface area contributed by atoms with Crippen LogP contribution in [-0.4, -0.2) is 16.9 Å². The largest absolute Gasteiger partial charge is 0.478 e. The van der Waals surface area contributed by atoms with Crippen LogP contribution in [-0.2, 0) is 0 Å². The molecule has 0 aliphatic rings. The highest BCUT2D eigenvalue weighted by Crippen LogP contribution is 2.12. The molecular weight excluding hydrogens is 228 g/mol. The van der Waals surface area contributed by atoms with Crippen LogP contribution in [0.5, 0.6) is 0 Å². The third kappa shape index (κ3) is 2.46. The Hall–Kier alpha value is -2.42. The minimum Gasteiger partial charge on any atom is -0.478 e. The molecule has 0 fully saturated rings. The molecule has 0 aromatic heterocycles. The van der Waals surface area contributed by atoms with E-state index in [-0.39, 0.29) is 11.3 Å². The van der Waals surface area contributed by atoms with E-state index >= 15 is 0 Å². The third-order valence-electron chi connectivity index (χ3n) is 2.69. The van der Waals surface area contributed by atoms with Gasteiger partial charge in [-0.25, -0.2) is 4.79 Å². The van der Waals surface area contributed by atoms with Gasteiger partial charge in [-0.3, -0.25) is 4.79 Å². The van der Waals surface area contributed by atoms with Gasteiger partial charge in [0.2, 0.25) is 0 Å². The topological polar surface area (TPSA) is 54.4 Å². The Morgan fingerprint density at radius 1 is 0.889 bits per heavy atom. The van der Waals surface area contributed by atoms with Gasteiger partial charge in [0.15, 0.2) is 5.78 Å². The van der Waals surface area contributed by atoms with Crippen molar-refractivity contribution in [1.82, 2.24) is 0 Å². The number of aryl methyl sites for hydroxylation is 1. The number of benzene rings is 2. The highest BCUT2D eigenvalue weighted by atomic mass is 16.4. The van der Waals surface area contributed by atoms with E-state index in [2.05, 4.69) is 0 Å². The van der Waals surface area contributed by atoms with E-state index in [1.54, 1.807) is 24.3 Å². The van der Waals surface area contributed by atoms with Crippen LogP contribution in [0.25, 0.3) is 0 Å². The first-order valence-corrected chi connectivity index (χ1v) is 5.52. The van der Waals surface area contributed by atoms with Crippen LogP contribution < -0.4 is 0 Å². The van der Waals surface area contributed by atoms with Crippen LogP contribution >= 0.6 is 0 Å². The second kappa shape index (κ2) is 4.84. The molecule has 0 saturated carbocycles. The van der Waals surface area contributed by atoms with Crippen LogP contribution in [0.4, 0.5) is 0 Å². The Bertz CT molecular complexity index is 597. The van der Waals surface area contributed by atoms with Crippen molar-refractivity contribution in [1.29, 1.82) is 0 Å². The molecule has 0 spiro atoms. The second-order valence-corrected chi connectivity index (χ2v) is 4.08. The molecule has 0 unspecified atom stereocenters. The fraction of sp³-hybridized carbons (Fsp3) is 0.0667. The summed E-state index contributed by atoms with van der Waals surface area (Å²) in [5.41, 5.74) is 2.14. The lowest BCUT2D eigenvalue weighted by Gasteiger charge is -2.03. The molecule has 0 heterocycles. The zero-order valence-electron chi connectivity index (χ0n) is 9.88. The van der Waals surface area contributed by atoms with Gasteiger partial charge in [-0.1, -0.05) is 42.0 Å². The van der Waals surface area contributed by atoms with E-state index in [9.17, 15) is 9.59 Å². The van der Waals surface area contributed by atoms with Crippen molar-refractivity contribution >= 4 is 11.8 Å². The predicted octanol–water partition coefficient (Wildman–Crippen LogP) is 2.92. The Labute approximate surface area is 105 Å². The molecule has 0 amide bonds. The highest BCUT2D eigenvalue weighted by Gasteiger charge is 2.11. The second-order valence-electron chi connectivity index (χ2n) is 4.08. The maximum Gasteiger partial charge on any atom is 0.335 e. The first-order chi connectivity index (χ1) is 8.58. The summed E-state index contributed by atoms with van der Waals surface area (Å²) in [7, 11) is 0. The molecule has 0 aliphatic carbocycles. The number of aromatic carboxylic acids is 1. The maximum atomic E-state index is 12.1. The summed E-state index contributed by atoms with van der Waals surface area (Å²) in [6.45, 7) is 1.94. The average Bonchev–Trinajstić information content (AvgIpc) is 2.39. The van der Waals surface area contributed by atoms with Crippen LogP contribution in [0.2, 0.25) is 0 Å². The standard InChI is InChI=1S/C15H12O3/c1-10-5-7-11(8-6-10)14(16)12-3-2-4-13(9-12)15(17)18/h2-9H,1H3,(H,17,18). The zero-order chi connectivity index (χ0) is 13.1. The van der Waals surface area contributed by atoms with Gasteiger partial charge < -0.3 is 5.11 Å². The summed E-state index contributed by atoms with van der Waals surface area (Å²) in [5.74, 6) is -1.20. The molecule has 0 atom stereocenters. The van der Waals surface area contributed by atoms with E-state index in [1.165, 1.54) is 12.1 Å². The molecule has 2 aromatic rings. The molecule has 0 aliphatic heterocycles. The molecule has 0 saturated heterocycles. The first-order valence-electron chi connectivity index (χ1n) is 5.52. The minimum absolute atomic E-state index is 0.118. The Morgan fingerprint density at radius 3 is 2.11 bits per heavy atom. The summed E-state index contributed by atoms with van der Waals surface area (Å²) in [6, 6.07) is 13.2. The van der Waals surface area contributed by atoms with Gasteiger partial charge in [0, 0.05) is 11.1 Å². The molecule has 0 bridgehead atoms. The molecule has 18 heavy (non-hydrogen) atoms. The van der Waals surface area contributed by atoms with Crippen LogP contribution in [0.3, 0.4) is 0 Å². The quantitative estimate of drug-likeness (QED) is 0.839. The number of carboxylic acids is 1. The summed E-state index contributed by atoms with van der Waals surface area (Å²) >= 11 is 0. The fourth-order valence-corrected chi connectivity index (χ4v) is 1.67. The summed E-state index contributed by atoms with van der Waals surface area (Å²) < 4.78 is 0. The summed E-state index contributed by atoms with van der Waals surface area (Å²) in [6.07, 6.45) is 0. The maximum absolute atomic E-state index is 12.1. The number of ketones is 1. The van der Waals surface area contributed by atoms with Gasteiger partial charge >= 0.3 is 5.97 Å². The van der Waals surface area contributed by atoms with Crippen molar-refractivity contribution in [3.8, 4) is 0 Å². The molecule has 1 N–H and O–H groups in total. The number of hydrogen-bond acceptors (Lipinski definition) is 2. The average molecular weight is 240 g/mol. The van der Waals surface area contributed by atoms with E-state index in [0.717, 1.165) is 5.56 Å². The van der Waals surface area contributed by atoms with Gasteiger partial charge in [0.25, 0.3) is 0 Å². The van der Waals surface area contributed by atoms with Crippen LogP contribution in [0, 0.1) is 6.92 Å². The van der Waals surface area contributed by atoms with Crippen molar-refractivity contribution in [3.63, 3.8) is 0 Å². The smallest absolute Gasteiger partial charge is 0.335 e. The third-order valence-corrected chi connectivity index (χ3v) is 2.69. The van der Waals surface area contributed by atoms with Crippen molar-refractivity contribution in [2.45, 2.75) is 6.92 Å². The molecule has 3 heteroatoms. The normalized spacial score (nSPS) is 10.1. The summed E-state index contributed by atoms with van der Waals surface area (Å²) in [5, 5.41) is 8.89. The molecule has 2 aromatic carbocycles. The first kappa shape index (κ1) is 12.0. The Morgan fingerprint density at radius 2 is 1.50 bits per heavy atom. The van der Waals surface area contributed by atoms with Crippen molar-refractivity contribution < 1.29 is 14.7 Å². The SMILES string of the molecule is Cc1ccc(C(=O)c2cccc(C(=O)O)c2)cc1. The van der Waals surface area contributed by atoms with E-state index in [1.807, 2.05) is 19.1 Å². The molecule has 2 rings (SSSR count). The predicted molar refractivity (Wildman–Crippen MR) is 68.0 cm³/mol. The van der Waals surface area contributed by atoms with Gasteiger partial charge in [-0.2, -0.15) is 0 Å². The number of carbonyl (C=O) groups is 2. The lowest BCUT2D eigenvalue weighted by Crippen LogP contribution is -2.04. The summed E-state index contributed by atoms with van der Waals surface area (Å²) in [4.78, 5) is 23.0.